The summed E-state index contributed by atoms with van der Waals surface area (Å²) < 4.78 is 0. The van der Waals surface area contributed by atoms with E-state index in [9.17, 15) is 5.11 Å². The molecule has 2 heteroatoms. The van der Waals surface area contributed by atoms with Crippen molar-refractivity contribution >= 4 is 0 Å². The molecule has 0 bridgehead atoms. The lowest BCUT2D eigenvalue weighted by atomic mass is 10.0. The SMILES string of the molecule is CCCCCCCCCCCCCCCCCCCCCCCCCC=CNC(O)CC. The molecule has 0 saturated heterocycles. The lowest BCUT2D eigenvalue weighted by molar-refractivity contribution is 0.149. The second-order valence-electron chi connectivity index (χ2n) is 10.1. The van der Waals surface area contributed by atoms with Crippen LogP contribution < -0.4 is 5.32 Å². The van der Waals surface area contributed by atoms with Crippen LogP contribution in [0.2, 0.25) is 0 Å². The molecule has 0 aromatic rings. The van der Waals surface area contributed by atoms with E-state index in [0.29, 0.717) is 0 Å². The Morgan fingerprint density at radius 3 is 1.12 bits per heavy atom. The van der Waals surface area contributed by atoms with Crippen molar-refractivity contribution in [2.75, 3.05) is 0 Å². The van der Waals surface area contributed by atoms with Crippen molar-refractivity contribution in [1.82, 2.24) is 5.32 Å². The number of unbranched alkanes of at least 4 members (excludes halogenated alkanes) is 23. The van der Waals surface area contributed by atoms with Gasteiger partial charge in [0.05, 0.1) is 0 Å². The van der Waals surface area contributed by atoms with E-state index >= 15 is 0 Å². The molecule has 0 aromatic carbocycles. The molecular weight excluding hydrogens is 390 g/mol. The quantitative estimate of drug-likeness (QED) is 0.0961. The molecule has 192 valence electrons. The van der Waals surface area contributed by atoms with E-state index in [-0.39, 0.29) is 6.23 Å². The maximum absolute atomic E-state index is 9.38. The third-order valence-electron chi connectivity index (χ3n) is 6.77. The van der Waals surface area contributed by atoms with E-state index in [1.807, 2.05) is 13.1 Å². The standard InChI is InChI=1S/C30H61NO/c1-3-5-6-7-8-9-10-11-12-13-14-15-16-17-18-19-20-21-22-23-24-25-26-27-28-29-31-30(32)4-2/h28-32H,3-27H2,1-2H3. The van der Waals surface area contributed by atoms with Gasteiger partial charge in [0.1, 0.15) is 6.23 Å². The molecule has 0 aliphatic heterocycles. The molecule has 0 aromatic heterocycles. The predicted octanol–water partition coefficient (Wildman–Crippen LogP) is 10.2. The third kappa shape index (κ3) is 27.5. The lowest BCUT2D eigenvalue weighted by Gasteiger charge is -2.06. The van der Waals surface area contributed by atoms with Gasteiger partial charge in [0.25, 0.3) is 0 Å². The number of nitrogens with one attached hydrogen (secondary N) is 1. The van der Waals surface area contributed by atoms with Crippen molar-refractivity contribution in [3.05, 3.63) is 12.3 Å². The maximum Gasteiger partial charge on any atom is 0.123 e. The van der Waals surface area contributed by atoms with Crippen LogP contribution in [0, 0.1) is 0 Å². The summed E-state index contributed by atoms with van der Waals surface area (Å²) in [6, 6.07) is 0. The van der Waals surface area contributed by atoms with Crippen molar-refractivity contribution in [2.24, 2.45) is 0 Å². The first-order valence-corrected chi connectivity index (χ1v) is 14.9. The Bertz CT molecular complexity index is 355. The van der Waals surface area contributed by atoms with Crippen LogP contribution in [0.25, 0.3) is 0 Å². The first kappa shape index (κ1) is 31.5. The van der Waals surface area contributed by atoms with Crippen LogP contribution in [-0.4, -0.2) is 11.3 Å². The number of hydrogen-bond acceptors (Lipinski definition) is 2. The number of allylic oxidation sites excluding steroid dienone is 1. The molecule has 0 spiro atoms. The third-order valence-corrected chi connectivity index (χ3v) is 6.77. The van der Waals surface area contributed by atoms with Gasteiger partial charge in [0.15, 0.2) is 0 Å². The highest BCUT2D eigenvalue weighted by Gasteiger charge is 1.96. The summed E-state index contributed by atoms with van der Waals surface area (Å²) in [5, 5.41) is 12.4. The number of aliphatic hydroxyl groups excluding tert-OH is 1. The largest absolute Gasteiger partial charge is 0.374 e. The van der Waals surface area contributed by atoms with Crippen molar-refractivity contribution in [3.8, 4) is 0 Å². The second-order valence-corrected chi connectivity index (χ2v) is 10.1. The fourth-order valence-corrected chi connectivity index (χ4v) is 4.43. The minimum atomic E-state index is -0.388. The van der Waals surface area contributed by atoms with Gasteiger partial charge >= 0.3 is 0 Å². The Balaban J connectivity index is 3.05. The number of aliphatic hydroxyl groups is 1. The first-order chi connectivity index (χ1) is 15.8. The molecule has 1 atom stereocenters. The summed E-state index contributed by atoms with van der Waals surface area (Å²) >= 11 is 0. The lowest BCUT2D eigenvalue weighted by Crippen LogP contribution is -2.21. The molecule has 0 amide bonds. The van der Waals surface area contributed by atoms with Crippen LogP contribution in [0.4, 0.5) is 0 Å². The van der Waals surface area contributed by atoms with E-state index in [1.165, 1.54) is 148 Å². The summed E-state index contributed by atoms with van der Waals surface area (Å²) in [7, 11) is 0. The fourth-order valence-electron chi connectivity index (χ4n) is 4.43. The van der Waals surface area contributed by atoms with Gasteiger partial charge in [-0.15, -0.1) is 0 Å². The second kappa shape index (κ2) is 28.5. The van der Waals surface area contributed by atoms with Crippen LogP contribution in [0.3, 0.4) is 0 Å². The van der Waals surface area contributed by atoms with Crippen molar-refractivity contribution in [1.29, 1.82) is 0 Å². The van der Waals surface area contributed by atoms with Gasteiger partial charge in [0, 0.05) is 0 Å². The van der Waals surface area contributed by atoms with Gasteiger partial charge in [0.2, 0.25) is 0 Å². The normalized spacial score (nSPS) is 12.6. The van der Waals surface area contributed by atoms with Crippen molar-refractivity contribution in [2.45, 2.75) is 181 Å². The van der Waals surface area contributed by atoms with E-state index in [2.05, 4.69) is 18.3 Å². The molecule has 32 heavy (non-hydrogen) atoms. The molecular formula is C30H61NO. The summed E-state index contributed by atoms with van der Waals surface area (Å²) in [6.07, 6.45) is 38.7. The average Bonchev–Trinajstić information content (AvgIpc) is 2.81. The Kier molecular flexibility index (Phi) is 28.1. The highest BCUT2D eigenvalue weighted by atomic mass is 16.3. The molecule has 0 heterocycles. The zero-order valence-corrected chi connectivity index (χ0v) is 22.4. The van der Waals surface area contributed by atoms with Gasteiger partial charge in [-0.2, -0.15) is 0 Å². The van der Waals surface area contributed by atoms with E-state index in [0.717, 1.165) is 12.8 Å². The van der Waals surface area contributed by atoms with E-state index < -0.39 is 0 Å². The number of rotatable bonds is 27. The maximum atomic E-state index is 9.38. The first-order valence-electron chi connectivity index (χ1n) is 14.9. The molecule has 0 radical (unpaired) electrons. The molecule has 0 rings (SSSR count). The molecule has 0 aliphatic rings. The average molecular weight is 452 g/mol. The van der Waals surface area contributed by atoms with E-state index in [4.69, 9.17) is 0 Å². The monoisotopic (exact) mass is 451 g/mol. The molecule has 0 fully saturated rings. The van der Waals surface area contributed by atoms with Crippen LogP contribution in [0.1, 0.15) is 174 Å². The van der Waals surface area contributed by atoms with Crippen molar-refractivity contribution < 1.29 is 5.11 Å². The predicted molar refractivity (Wildman–Crippen MR) is 145 cm³/mol. The fraction of sp³-hybridized carbons (Fsp3) is 0.933. The van der Waals surface area contributed by atoms with Gasteiger partial charge in [-0.25, -0.2) is 0 Å². The van der Waals surface area contributed by atoms with Gasteiger partial charge in [-0.1, -0.05) is 161 Å². The molecule has 1 unspecified atom stereocenters. The molecule has 2 N–H and O–H groups in total. The number of hydrogen-bond donors (Lipinski definition) is 2. The molecule has 2 nitrogen and oxygen atoms in total. The highest BCUT2D eigenvalue weighted by molar-refractivity contribution is 4.79. The van der Waals surface area contributed by atoms with Crippen LogP contribution in [0.15, 0.2) is 12.3 Å². The minimum absolute atomic E-state index is 0.388. The minimum Gasteiger partial charge on any atom is -0.374 e. The van der Waals surface area contributed by atoms with Crippen LogP contribution in [-0.2, 0) is 0 Å². The Hall–Kier alpha value is -0.500. The zero-order valence-electron chi connectivity index (χ0n) is 22.4. The Morgan fingerprint density at radius 1 is 0.500 bits per heavy atom. The smallest absolute Gasteiger partial charge is 0.123 e. The zero-order chi connectivity index (χ0) is 23.4. The summed E-state index contributed by atoms with van der Waals surface area (Å²) in [5.74, 6) is 0. The van der Waals surface area contributed by atoms with Gasteiger partial charge in [-0.05, 0) is 25.5 Å². The summed E-state index contributed by atoms with van der Waals surface area (Å²) in [4.78, 5) is 0. The summed E-state index contributed by atoms with van der Waals surface area (Å²) in [5.41, 5.74) is 0. The molecule has 0 saturated carbocycles. The van der Waals surface area contributed by atoms with Crippen LogP contribution in [0.5, 0.6) is 0 Å². The Labute approximate surface area is 203 Å². The topological polar surface area (TPSA) is 32.3 Å². The molecule has 0 aliphatic carbocycles. The van der Waals surface area contributed by atoms with Crippen LogP contribution >= 0.6 is 0 Å². The highest BCUT2D eigenvalue weighted by Crippen LogP contribution is 2.15. The van der Waals surface area contributed by atoms with E-state index in [1.54, 1.807) is 0 Å². The van der Waals surface area contributed by atoms with Gasteiger partial charge in [-0.3, -0.25) is 0 Å². The van der Waals surface area contributed by atoms with Gasteiger partial charge < -0.3 is 10.4 Å². The van der Waals surface area contributed by atoms with Crippen molar-refractivity contribution in [3.63, 3.8) is 0 Å². The Morgan fingerprint density at radius 2 is 0.812 bits per heavy atom. The summed E-state index contributed by atoms with van der Waals surface area (Å²) in [6.45, 7) is 4.28.